The molecule has 0 atom stereocenters. The van der Waals surface area contributed by atoms with Gasteiger partial charge in [-0.3, -0.25) is 0 Å². The van der Waals surface area contributed by atoms with Crippen LogP contribution in [0.2, 0.25) is 5.28 Å². The number of halogens is 2. The van der Waals surface area contributed by atoms with Crippen molar-refractivity contribution in [1.82, 2.24) is 4.98 Å². The van der Waals surface area contributed by atoms with Crippen LogP contribution >= 0.6 is 11.6 Å². The number of nitrogens with zero attached hydrogens (tertiary/aromatic N) is 1. The number of H-pyrrole nitrogens is 1. The van der Waals surface area contributed by atoms with Gasteiger partial charge in [-0.15, -0.1) is 0 Å². The van der Waals surface area contributed by atoms with Gasteiger partial charge in [0.05, 0.1) is 0 Å². The predicted octanol–water partition coefficient (Wildman–Crippen LogP) is -1.05. The average Bonchev–Trinajstić information content (AvgIpc) is 2.53. The maximum absolute atomic E-state index is 5.88. The van der Waals surface area contributed by atoms with Crippen molar-refractivity contribution in [1.29, 1.82) is 0 Å². The SMILES string of the molecule is Clc1[nH]cc[n+]1-c1ccccc1.[Cl-]. The number of rotatable bonds is 1. The third-order valence-electron chi connectivity index (χ3n) is 1.67. The van der Waals surface area contributed by atoms with Gasteiger partial charge in [0, 0.05) is 11.6 Å². The van der Waals surface area contributed by atoms with Gasteiger partial charge in [-0.2, -0.15) is 4.57 Å². The van der Waals surface area contributed by atoms with Crippen LogP contribution in [-0.2, 0) is 0 Å². The van der Waals surface area contributed by atoms with E-state index in [0.717, 1.165) is 5.69 Å². The molecule has 0 aliphatic rings. The van der Waals surface area contributed by atoms with Crippen molar-refractivity contribution in [3.8, 4) is 5.69 Å². The van der Waals surface area contributed by atoms with Crippen molar-refractivity contribution in [3.63, 3.8) is 0 Å². The lowest BCUT2D eigenvalue weighted by molar-refractivity contribution is -0.591. The van der Waals surface area contributed by atoms with E-state index in [1.807, 2.05) is 41.1 Å². The highest BCUT2D eigenvalue weighted by molar-refractivity contribution is 6.27. The molecule has 2 rings (SSSR count). The van der Waals surface area contributed by atoms with Gasteiger partial charge in [0.25, 0.3) is 0 Å². The van der Waals surface area contributed by atoms with Crippen LogP contribution in [0, 0.1) is 0 Å². The van der Waals surface area contributed by atoms with E-state index in [1.54, 1.807) is 6.20 Å². The number of hydrogen-bond donors (Lipinski definition) is 1. The Hall–Kier alpha value is -0.990. The van der Waals surface area contributed by atoms with Crippen LogP contribution in [0.15, 0.2) is 42.7 Å². The molecule has 4 heteroatoms. The summed E-state index contributed by atoms with van der Waals surface area (Å²) in [5, 5.41) is 0.612. The molecule has 13 heavy (non-hydrogen) atoms. The van der Waals surface area contributed by atoms with Crippen LogP contribution in [0.4, 0.5) is 0 Å². The van der Waals surface area contributed by atoms with E-state index >= 15 is 0 Å². The molecule has 1 N–H and O–H groups in total. The molecule has 0 saturated carbocycles. The lowest BCUT2D eigenvalue weighted by Crippen LogP contribution is -3.00. The Bertz CT molecular complexity index is 370. The number of hydrogen-bond acceptors (Lipinski definition) is 0. The van der Waals surface area contributed by atoms with Gasteiger partial charge in [0.15, 0.2) is 0 Å². The van der Waals surface area contributed by atoms with E-state index in [-0.39, 0.29) is 12.4 Å². The number of aromatic amines is 1. The molecule has 0 radical (unpaired) electrons. The minimum absolute atomic E-state index is 0. The number of nitrogens with one attached hydrogen (secondary N) is 1. The molecule has 0 saturated heterocycles. The summed E-state index contributed by atoms with van der Waals surface area (Å²) in [6.07, 6.45) is 3.69. The Morgan fingerprint density at radius 2 is 1.85 bits per heavy atom. The maximum Gasteiger partial charge on any atom is 0.357 e. The highest BCUT2D eigenvalue weighted by atomic mass is 35.5. The summed E-state index contributed by atoms with van der Waals surface area (Å²) in [5.74, 6) is 0. The third kappa shape index (κ3) is 2.02. The topological polar surface area (TPSA) is 19.7 Å². The lowest BCUT2D eigenvalue weighted by atomic mass is 10.3. The highest BCUT2D eigenvalue weighted by Crippen LogP contribution is 2.02. The zero-order valence-electron chi connectivity index (χ0n) is 6.74. The van der Waals surface area contributed by atoms with Crippen LogP contribution in [0.5, 0.6) is 0 Å². The van der Waals surface area contributed by atoms with Crippen molar-refractivity contribution in [2.24, 2.45) is 0 Å². The van der Waals surface area contributed by atoms with Gasteiger partial charge in [0.2, 0.25) is 0 Å². The second-order valence-electron chi connectivity index (χ2n) is 2.46. The van der Waals surface area contributed by atoms with Crippen molar-refractivity contribution in [3.05, 3.63) is 48.0 Å². The van der Waals surface area contributed by atoms with E-state index in [9.17, 15) is 0 Å². The molecule has 1 aromatic heterocycles. The van der Waals surface area contributed by atoms with Gasteiger partial charge >= 0.3 is 5.28 Å². The number of aromatic nitrogens is 2. The van der Waals surface area contributed by atoms with Crippen molar-refractivity contribution in [2.45, 2.75) is 0 Å². The van der Waals surface area contributed by atoms with E-state index in [0.29, 0.717) is 5.28 Å². The number of benzene rings is 1. The third-order valence-corrected chi connectivity index (χ3v) is 1.96. The lowest BCUT2D eigenvalue weighted by Gasteiger charge is -1.93. The van der Waals surface area contributed by atoms with Gasteiger partial charge in [-0.05, 0) is 12.1 Å². The van der Waals surface area contributed by atoms with E-state index in [4.69, 9.17) is 11.6 Å². The normalized spacial score (nSPS) is 9.31. The van der Waals surface area contributed by atoms with Crippen molar-refractivity contribution in [2.75, 3.05) is 0 Å². The zero-order chi connectivity index (χ0) is 8.39. The van der Waals surface area contributed by atoms with E-state index < -0.39 is 0 Å². The van der Waals surface area contributed by atoms with E-state index in [1.165, 1.54) is 0 Å². The molecule has 1 aromatic carbocycles. The first-order valence-electron chi connectivity index (χ1n) is 3.68. The smallest absolute Gasteiger partial charge is 0.357 e. The highest BCUT2D eigenvalue weighted by Gasteiger charge is 2.07. The zero-order valence-corrected chi connectivity index (χ0v) is 8.26. The van der Waals surface area contributed by atoms with Crippen LogP contribution in [-0.4, -0.2) is 4.98 Å². The molecule has 0 bridgehead atoms. The Kier molecular flexibility index (Phi) is 3.34. The summed E-state index contributed by atoms with van der Waals surface area (Å²) in [5.41, 5.74) is 1.06. The maximum atomic E-state index is 5.88. The number of para-hydroxylation sites is 1. The van der Waals surface area contributed by atoms with Crippen molar-refractivity contribution >= 4 is 11.6 Å². The molecular weight excluding hydrogens is 207 g/mol. The van der Waals surface area contributed by atoms with E-state index in [2.05, 4.69) is 4.98 Å². The summed E-state index contributed by atoms with van der Waals surface area (Å²) in [7, 11) is 0. The largest absolute Gasteiger partial charge is 1.00 e. The molecule has 1 heterocycles. The molecule has 0 aliphatic heterocycles. The van der Waals surface area contributed by atoms with Crippen molar-refractivity contribution < 1.29 is 17.0 Å². The fraction of sp³-hybridized carbons (Fsp3) is 0. The standard InChI is InChI=1S/C9H7ClN2.ClH/c10-9-11-6-7-12(9)8-4-2-1-3-5-8;/h1-7H;1H. The second-order valence-corrected chi connectivity index (χ2v) is 2.81. The first-order chi connectivity index (χ1) is 5.88. The molecule has 0 fully saturated rings. The van der Waals surface area contributed by atoms with Gasteiger partial charge in [-0.25, -0.2) is 4.98 Å². The van der Waals surface area contributed by atoms with Crippen LogP contribution in [0.25, 0.3) is 5.69 Å². The van der Waals surface area contributed by atoms with Crippen LogP contribution in [0.1, 0.15) is 0 Å². The minimum Gasteiger partial charge on any atom is -1.00 e. The van der Waals surface area contributed by atoms with Gasteiger partial charge < -0.3 is 12.4 Å². The molecule has 68 valence electrons. The fourth-order valence-electron chi connectivity index (χ4n) is 1.10. The second kappa shape index (κ2) is 4.30. The van der Waals surface area contributed by atoms with Gasteiger partial charge in [-0.1, -0.05) is 18.2 Å². The quantitative estimate of drug-likeness (QED) is 0.585. The molecular formula is C9H8Cl2N2. The monoisotopic (exact) mass is 214 g/mol. The molecule has 0 unspecified atom stereocenters. The Balaban J connectivity index is 0.000000845. The summed E-state index contributed by atoms with van der Waals surface area (Å²) in [4.78, 5) is 2.90. The Labute approximate surface area is 87.6 Å². The molecule has 0 aliphatic carbocycles. The Morgan fingerprint density at radius 3 is 2.38 bits per heavy atom. The Morgan fingerprint density at radius 1 is 1.15 bits per heavy atom. The van der Waals surface area contributed by atoms with Crippen LogP contribution in [0.3, 0.4) is 0 Å². The predicted molar refractivity (Wildman–Crippen MR) is 47.3 cm³/mol. The summed E-state index contributed by atoms with van der Waals surface area (Å²) in [6.45, 7) is 0. The summed E-state index contributed by atoms with van der Waals surface area (Å²) < 4.78 is 1.88. The minimum atomic E-state index is 0. The molecule has 0 amide bonds. The number of imidazole rings is 1. The molecule has 2 nitrogen and oxygen atoms in total. The molecule has 2 aromatic rings. The summed E-state index contributed by atoms with van der Waals surface area (Å²) in [6, 6.07) is 9.93. The average molecular weight is 215 g/mol. The first-order valence-corrected chi connectivity index (χ1v) is 4.06. The van der Waals surface area contributed by atoms with Gasteiger partial charge in [0.1, 0.15) is 18.1 Å². The fourth-order valence-corrected chi connectivity index (χ4v) is 1.32. The van der Waals surface area contributed by atoms with Crippen LogP contribution < -0.4 is 17.0 Å². The first kappa shape index (κ1) is 10.1. The summed E-state index contributed by atoms with van der Waals surface area (Å²) >= 11 is 5.88. The molecule has 0 spiro atoms.